The van der Waals surface area contributed by atoms with Crippen LogP contribution in [0.2, 0.25) is 0 Å². The van der Waals surface area contributed by atoms with Crippen LogP contribution in [-0.2, 0) is 4.74 Å². The molecule has 0 fully saturated rings. The predicted molar refractivity (Wildman–Crippen MR) is 85.3 cm³/mol. The monoisotopic (exact) mass is 357 g/mol. The van der Waals surface area contributed by atoms with Crippen LogP contribution >= 0.6 is 24.0 Å². The molecule has 0 aliphatic heterocycles. The Labute approximate surface area is 123 Å². The zero-order chi connectivity index (χ0) is 12.4. The Morgan fingerprint density at radius 2 is 1.88 bits per heavy atom. The smallest absolute Gasteiger partial charge is 0.191 e. The van der Waals surface area contributed by atoms with Crippen LogP contribution in [0.3, 0.4) is 0 Å². The van der Waals surface area contributed by atoms with Gasteiger partial charge in [-0.3, -0.25) is 4.99 Å². The highest BCUT2D eigenvalue weighted by Crippen LogP contribution is 1.91. The van der Waals surface area contributed by atoms with E-state index in [2.05, 4.69) is 50.2 Å². The van der Waals surface area contributed by atoms with Gasteiger partial charge in [0.15, 0.2) is 5.96 Å². The minimum Gasteiger partial charge on any atom is -0.379 e. The van der Waals surface area contributed by atoms with Crippen molar-refractivity contribution in [3.63, 3.8) is 0 Å². The molecule has 0 unspecified atom stereocenters. The van der Waals surface area contributed by atoms with Crippen molar-refractivity contribution in [1.82, 2.24) is 10.6 Å². The van der Waals surface area contributed by atoms with Gasteiger partial charge in [0.25, 0.3) is 0 Å². The quantitative estimate of drug-likeness (QED) is 0.318. The molecule has 0 radical (unpaired) electrons. The molecule has 104 valence electrons. The molecule has 0 aromatic rings. The van der Waals surface area contributed by atoms with Gasteiger partial charge >= 0.3 is 0 Å². The van der Waals surface area contributed by atoms with Crippen LogP contribution in [0.1, 0.15) is 34.6 Å². The van der Waals surface area contributed by atoms with Crippen LogP contribution in [0.4, 0.5) is 0 Å². The summed E-state index contributed by atoms with van der Waals surface area (Å²) in [5.41, 5.74) is 0. The lowest BCUT2D eigenvalue weighted by Crippen LogP contribution is -2.41. The van der Waals surface area contributed by atoms with Crippen molar-refractivity contribution >= 4 is 29.9 Å². The van der Waals surface area contributed by atoms with Gasteiger partial charge in [0.1, 0.15) is 0 Å². The molecule has 17 heavy (non-hydrogen) atoms. The van der Waals surface area contributed by atoms with Gasteiger partial charge in [-0.25, -0.2) is 0 Å². The zero-order valence-corrected chi connectivity index (χ0v) is 14.1. The normalized spacial score (nSPS) is 11.6. The Hall–Kier alpha value is -0.0400. The molecule has 0 spiro atoms. The number of halogens is 1. The number of rotatable bonds is 7. The van der Waals surface area contributed by atoms with Crippen LogP contribution in [0.25, 0.3) is 0 Å². The Kier molecular flexibility index (Phi) is 14.1. The Morgan fingerprint density at radius 1 is 1.24 bits per heavy atom. The molecule has 0 atom stereocenters. The minimum absolute atomic E-state index is 0. The van der Waals surface area contributed by atoms with Gasteiger partial charge in [-0.15, -0.1) is 24.0 Å². The number of guanidine groups is 1. The lowest BCUT2D eigenvalue weighted by Gasteiger charge is -2.14. The van der Waals surface area contributed by atoms with Gasteiger partial charge in [0, 0.05) is 19.2 Å². The van der Waals surface area contributed by atoms with E-state index in [1.165, 1.54) is 0 Å². The minimum atomic E-state index is 0. The number of aliphatic imine (C=N–C) groups is 1. The second-order valence-electron chi connectivity index (χ2n) is 4.53. The molecule has 0 aliphatic carbocycles. The summed E-state index contributed by atoms with van der Waals surface area (Å²) in [4.78, 5) is 4.42. The third-order valence-electron chi connectivity index (χ3n) is 1.73. The first-order valence-electron chi connectivity index (χ1n) is 6.18. The summed E-state index contributed by atoms with van der Waals surface area (Å²) >= 11 is 0. The molecule has 0 heterocycles. The molecule has 5 heteroatoms. The lowest BCUT2D eigenvalue weighted by molar-refractivity contribution is 0.117. The average molecular weight is 357 g/mol. The Bertz CT molecular complexity index is 196. The number of hydrogen-bond acceptors (Lipinski definition) is 2. The molecule has 0 amide bonds. The van der Waals surface area contributed by atoms with Crippen molar-refractivity contribution in [2.45, 2.75) is 40.7 Å². The van der Waals surface area contributed by atoms with Gasteiger partial charge in [0.2, 0.25) is 0 Å². The van der Waals surface area contributed by atoms with E-state index in [0.29, 0.717) is 25.1 Å². The molecule has 4 nitrogen and oxygen atoms in total. The predicted octanol–water partition coefficient (Wildman–Crippen LogP) is 2.24. The zero-order valence-electron chi connectivity index (χ0n) is 11.7. The molecule has 0 aromatic carbocycles. The molecule has 2 N–H and O–H groups in total. The summed E-state index contributed by atoms with van der Waals surface area (Å²) < 4.78 is 5.47. The van der Waals surface area contributed by atoms with E-state index < -0.39 is 0 Å². The van der Waals surface area contributed by atoms with Crippen LogP contribution in [0.15, 0.2) is 4.99 Å². The van der Waals surface area contributed by atoms with E-state index in [9.17, 15) is 0 Å². The first-order valence-corrected chi connectivity index (χ1v) is 6.18. The molecule has 0 bridgehead atoms. The lowest BCUT2D eigenvalue weighted by atomic mass is 10.2. The second-order valence-corrected chi connectivity index (χ2v) is 4.53. The standard InChI is InChI=1S/C12H27N3O.HI/c1-6-13-12(15-11(4)5)14-7-8-16-9-10(2)3;/h10-11H,6-9H2,1-5H3,(H2,13,14,15);1H. The van der Waals surface area contributed by atoms with E-state index in [0.717, 1.165) is 19.1 Å². The summed E-state index contributed by atoms with van der Waals surface area (Å²) in [7, 11) is 0. The third kappa shape index (κ3) is 13.9. The van der Waals surface area contributed by atoms with Crippen molar-refractivity contribution in [3.05, 3.63) is 0 Å². The van der Waals surface area contributed by atoms with Crippen LogP contribution in [0, 0.1) is 5.92 Å². The maximum atomic E-state index is 5.47. The van der Waals surface area contributed by atoms with E-state index in [1.54, 1.807) is 0 Å². The van der Waals surface area contributed by atoms with E-state index in [-0.39, 0.29) is 24.0 Å². The Morgan fingerprint density at radius 3 is 2.35 bits per heavy atom. The fourth-order valence-corrected chi connectivity index (χ4v) is 1.13. The van der Waals surface area contributed by atoms with Crippen molar-refractivity contribution in [2.75, 3.05) is 26.3 Å². The van der Waals surface area contributed by atoms with Crippen LogP contribution in [0.5, 0.6) is 0 Å². The second kappa shape index (κ2) is 12.4. The summed E-state index contributed by atoms with van der Waals surface area (Å²) in [6.45, 7) is 13.6. The number of hydrogen-bond donors (Lipinski definition) is 2. The average Bonchev–Trinajstić information content (AvgIpc) is 2.16. The molecular formula is C12H28IN3O. The summed E-state index contributed by atoms with van der Waals surface area (Å²) in [5.74, 6) is 1.46. The molecular weight excluding hydrogens is 329 g/mol. The van der Waals surface area contributed by atoms with Gasteiger partial charge in [-0.1, -0.05) is 13.8 Å². The summed E-state index contributed by atoms with van der Waals surface area (Å²) in [5, 5.41) is 6.46. The summed E-state index contributed by atoms with van der Waals surface area (Å²) in [6.07, 6.45) is 0. The molecule has 0 aromatic heterocycles. The van der Waals surface area contributed by atoms with Gasteiger partial charge in [-0.05, 0) is 26.7 Å². The van der Waals surface area contributed by atoms with Gasteiger partial charge in [0.05, 0.1) is 13.2 Å². The third-order valence-corrected chi connectivity index (χ3v) is 1.73. The first kappa shape index (κ1) is 19.3. The van der Waals surface area contributed by atoms with Crippen LogP contribution < -0.4 is 10.6 Å². The number of nitrogens with zero attached hydrogens (tertiary/aromatic N) is 1. The van der Waals surface area contributed by atoms with Crippen molar-refractivity contribution < 1.29 is 4.74 Å². The first-order chi connectivity index (χ1) is 7.56. The van der Waals surface area contributed by atoms with E-state index in [4.69, 9.17) is 4.74 Å². The number of ether oxygens (including phenoxy) is 1. The van der Waals surface area contributed by atoms with Gasteiger partial charge < -0.3 is 15.4 Å². The summed E-state index contributed by atoms with van der Waals surface area (Å²) in [6, 6.07) is 0.398. The maximum absolute atomic E-state index is 5.47. The van der Waals surface area contributed by atoms with Crippen molar-refractivity contribution in [2.24, 2.45) is 10.9 Å². The van der Waals surface area contributed by atoms with E-state index >= 15 is 0 Å². The molecule has 0 aliphatic rings. The van der Waals surface area contributed by atoms with Crippen molar-refractivity contribution in [1.29, 1.82) is 0 Å². The topological polar surface area (TPSA) is 45.7 Å². The maximum Gasteiger partial charge on any atom is 0.191 e. The van der Waals surface area contributed by atoms with E-state index in [1.807, 2.05) is 0 Å². The highest BCUT2D eigenvalue weighted by Gasteiger charge is 1.98. The Balaban J connectivity index is 0. The largest absolute Gasteiger partial charge is 0.379 e. The fourth-order valence-electron chi connectivity index (χ4n) is 1.13. The molecule has 0 saturated heterocycles. The fraction of sp³-hybridized carbons (Fsp3) is 0.917. The number of nitrogens with one attached hydrogen (secondary N) is 2. The molecule has 0 saturated carbocycles. The molecule has 0 rings (SSSR count). The van der Waals surface area contributed by atoms with Crippen LogP contribution in [-0.4, -0.2) is 38.3 Å². The SMILES string of the molecule is CCNC(=NCCOCC(C)C)NC(C)C.I. The highest BCUT2D eigenvalue weighted by molar-refractivity contribution is 14.0. The van der Waals surface area contributed by atoms with Gasteiger partial charge in [-0.2, -0.15) is 0 Å². The highest BCUT2D eigenvalue weighted by atomic mass is 127. The van der Waals surface area contributed by atoms with Crippen molar-refractivity contribution in [3.8, 4) is 0 Å².